The zero-order chi connectivity index (χ0) is 13.6. The zero-order valence-electron chi connectivity index (χ0n) is 11.4. The molecule has 0 saturated heterocycles. The van der Waals surface area contributed by atoms with Crippen molar-refractivity contribution in [3.63, 3.8) is 0 Å². The number of ether oxygens (including phenoxy) is 2. The van der Waals surface area contributed by atoms with E-state index in [1.165, 1.54) is 12.0 Å². The van der Waals surface area contributed by atoms with E-state index in [0.29, 0.717) is 13.0 Å². The molecule has 0 radical (unpaired) electrons. The predicted octanol–water partition coefficient (Wildman–Crippen LogP) is 2.19. The summed E-state index contributed by atoms with van der Waals surface area (Å²) in [7, 11) is 3.05. The molecule has 5 heteroatoms. The van der Waals surface area contributed by atoms with E-state index in [2.05, 4.69) is 5.32 Å². The van der Waals surface area contributed by atoms with Crippen molar-refractivity contribution >= 4 is 17.3 Å². The Morgan fingerprint density at radius 2 is 2.22 bits per heavy atom. The average molecular weight is 271 g/mol. The average Bonchev–Trinajstić information content (AvgIpc) is 2.86. The number of nitrogens with one attached hydrogen (secondary N) is 1. The second-order valence-electron chi connectivity index (χ2n) is 4.70. The Kier molecular flexibility index (Phi) is 5.78. The number of hydrogen-bond donors (Lipinski definition) is 1. The van der Waals surface area contributed by atoms with E-state index in [4.69, 9.17) is 9.47 Å². The first-order valence-corrected chi connectivity index (χ1v) is 6.75. The van der Waals surface area contributed by atoms with Gasteiger partial charge in [-0.2, -0.15) is 0 Å². The van der Waals surface area contributed by atoms with Crippen molar-refractivity contribution in [1.82, 2.24) is 5.32 Å². The van der Waals surface area contributed by atoms with Gasteiger partial charge in [-0.15, -0.1) is 11.3 Å². The first-order chi connectivity index (χ1) is 8.48. The van der Waals surface area contributed by atoms with Crippen molar-refractivity contribution < 1.29 is 14.3 Å². The molecular weight excluding hydrogens is 250 g/mol. The number of thiophene rings is 1. The molecule has 1 heterocycles. The lowest BCUT2D eigenvalue weighted by Gasteiger charge is -2.27. The Labute approximate surface area is 112 Å². The van der Waals surface area contributed by atoms with Crippen LogP contribution in [0.2, 0.25) is 0 Å². The van der Waals surface area contributed by atoms with Gasteiger partial charge in [0.1, 0.15) is 6.04 Å². The fraction of sp³-hybridized carbons (Fsp3) is 0.615. The van der Waals surface area contributed by atoms with Crippen LogP contribution in [0.4, 0.5) is 0 Å². The van der Waals surface area contributed by atoms with Crippen molar-refractivity contribution in [3.8, 4) is 0 Å². The van der Waals surface area contributed by atoms with Gasteiger partial charge in [-0.3, -0.25) is 10.1 Å². The minimum absolute atomic E-state index is 0.253. The van der Waals surface area contributed by atoms with Gasteiger partial charge in [0.2, 0.25) is 0 Å². The van der Waals surface area contributed by atoms with Crippen LogP contribution in [0.25, 0.3) is 0 Å². The topological polar surface area (TPSA) is 47.6 Å². The monoisotopic (exact) mass is 271 g/mol. The molecule has 1 rings (SSSR count). The fourth-order valence-corrected chi connectivity index (χ4v) is 2.25. The second kappa shape index (κ2) is 6.87. The van der Waals surface area contributed by atoms with Crippen molar-refractivity contribution in [2.24, 2.45) is 0 Å². The molecule has 0 saturated carbocycles. The SMILES string of the molecule is COC(=O)C(CC(C)(C)OC)NCc1cccs1. The molecule has 0 fully saturated rings. The third kappa shape index (κ3) is 4.76. The van der Waals surface area contributed by atoms with E-state index in [1.54, 1.807) is 18.4 Å². The summed E-state index contributed by atoms with van der Waals surface area (Å²) in [5, 5.41) is 5.24. The van der Waals surface area contributed by atoms with Crippen LogP contribution in [0.1, 0.15) is 25.1 Å². The van der Waals surface area contributed by atoms with Crippen LogP contribution in [0.5, 0.6) is 0 Å². The Morgan fingerprint density at radius 1 is 1.50 bits per heavy atom. The van der Waals surface area contributed by atoms with Gasteiger partial charge in [0.05, 0.1) is 12.7 Å². The van der Waals surface area contributed by atoms with Crippen molar-refractivity contribution in [2.75, 3.05) is 14.2 Å². The van der Waals surface area contributed by atoms with Crippen molar-refractivity contribution in [2.45, 2.75) is 38.5 Å². The quantitative estimate of drug-likeness (QED) is 0.772. The largest absolute Gasteiger partial charge is 0.468 e. The van der Waals surface area contributed by atoms with Gasteiger partial charge in [0.15, 0.2) is 0 Å². The van der Waals surface area contributed by atoms with E-state index in [1.807, 2.05) is 31.4 Å². The Hall–Kier alpha value is -0.910. The van der Waals surface area contributed by atoms with Gasteiger partial charge in [0.25, 0.3) is 0 Å². The normalized spacial score (nSPS) is 13.3. The van der Waals surface area contributed by atoms with E-state index < -0.39 is 0 Å². The van der Waals surface area contributed by atoms with Crippen LogP contribution in [0.3, 0.4) is 0 Å². The maximum atomic E-state index is 11.7. The number of hydrogen-bond acceptors (Lipinski definition) is 5. The van der Waals surface area contributed by atoms with E-state index >= 15 is 0 Å². The van der Waals surface area contributed by atoms with Crippen LogP contribution in [-0.2, 0) is 20.8 Å². The summed E-state index contributed by atoms with van der Waals surface area (Å²) in [4.78, 5) is 12.9. The summed E-state index contributed by atoms with van der Waals surface area (Å²) in [5.74, 6) is -0.253. The number of carbonyl (C=O) groups excluding carboxylic acids is 1. The van der Waals surface area contributed by atoms with E-state index in [-0.39, 0.29) is 17.6 Å². The standard InChI is InChI=1S/C13H21NO3S/c1-13(2,17-4)8-11(12(15)16-3)14-9-10-6-5-7-18-10/h5-7,11,14H,8-9H2,1-4H3. The Morgan fingerprint density at radius 3 is 2.72 bits per heavy atom. The molecule has 0 bridgehead atoms. The van der Waals surface area contributed by atoms with Gasteiger partial charge >= 0.3 is 5.97 Å². The molecule has 0 aliphatic heterocycles. The maximum Gasteiger partial charge on any atom is 0.322 e. The molecule has 18 heavy (non-hydrogen) atoms. The summed E-state index contributed by atoms with van der Waals surface area (Å²) in [5.41, 5.74) is -0.360. The maximum absolute atomic E-state index is 11.7. The summed E-state index contributed by atoms with van der Waals surface area (Å²) >= 11 is 1.66. The Bertz CT molecular complexity index is 362. The lowest BCUT2D eigenvalue weighted by molar-refractivity contribution is -0.145. The summed E-state index contributed by atoms with van der Waals surface area (Å²) in [6, 6.07) is 3.67. The zero-order valence-corrected chi connectivity index (χ0v) is 12.2. The third-order valence-electron chi connectivity index (χ3n) is 2.84. The smallest absolute Gasteiger partial charge is 0.322 e. The van der Waals surface area contributed by atoms with Crippen LogP contribution in [-0.4, -0.2) is 31.8 Å². The molecule has 0 amide bonds. The molecule has 102 valence electrons. The van der Waals surface area contributed by atoms with E-state index in [0.717, 1.165) is 0 Å². The predicted molar refractivity (Wildman–Crippen MR) is 72.7 cm³/mol. The van der Waals surface area contributed by atoms with Gasteiger partial charge in [-0.1, -0.05) is 6.07 Å². The number of methoxy groups -OCH3 is 2. The molecular formula is C13H21NO3S. The fourth-order valence-electron chi connectivity index (χ4n) is 1.59. The van der Waals surface area contributed by atoms with Crippen molar-refractivity contribution in [1.29, 1.82) is 0 Å². The molecule has 0 aliphatic rings. The lowest BCUT2D eigenvalue weighted by Crippen LogP contribution is -2.43. The summed E-state index contributed by atoms with van der Waals surface area (Å²) < 4.78 is 10.2. The molecule has 4 nitrogen and oxygen atoms in total. The number of carbonyl (C=O) groups is 1. The molecule has 0 aliphatic carbocycles. The highest BCUT2D eigenvalue weighted by Gasteiger charge is 2.28. The minimum Gasteiger partial charge on any atom is -0.468 e. The van der Waals surface area contributed by atoms with Gasteiger partial charge in [-0.05, 0) is 25.3 Å². The molecule has 1 aromatic heterocycles. The first kappa shape index (κ1) is 15.1. The molecule has 1 aromatic rings. The summed E-state index contributed by atoms with van der Waals surface area (Å²) in [6.07, 6.45) is 0.571. The third-order valence-corrected chi connectivity index (χ3v) is 3.71. The van der Waals surface area contributed by atoms with Crippen LogP contribution >= 0.6 is 11.3 Å². The van der Waals surface area contributed by atoms with Crippen LogP contribution in [0, 0.1) is 0 Å². The first-order valence-electron chi connectivity index (χ1n) is 5.87. The number of rotatable bonds is 7. The number of esters is 1. The molecule has 0 spiro atoms. The second-order valence-corrected chi connectivity index (χ2v) is 5.74. The van der Waals surface area contributed by atoms with Crippen molar-refractivity contribution in [3.05, 3.63) is 22.4 Å². The van der Waals surface area contributed by atoms with Crippen LogP contribution in [0.15, 0.2) is 17.5 Å². The lowest BCUT2D eigenvalue weighted by atomic mass is 9.99. The molecule has 1 unspecified atom stereocenters. The van der Waals surface area contributed by atoms with Gasteiger partial charge in [0, 0.05) is 25.0 Å². The molecule has 0 aromatic carbocycles. The van der Waals surface area contributed by atoms with Gasteiger partial charge < -0.3 is 9.47 Å². The summed E-state index contributed by atoms with van der Waals surface area (Å²) in [6.45, 7) is 4.57. The van der Waals surface area contributed by atoms with E-state index in [9.17, 15) is 4.79 Å². The van der Waals surface area contributed by atoms with Crippen LogP contribution < -0.4 is 5.32 Å². The highest BCUT2D eigenvalue weighted by molar-refractivity contribution is 7.09. The van der Waals surface area contributed by atoms with Gasteiger partial charge in [-0.25, -0.2) is 0 Å². The highest BCUT2D eigenvalue weighted by Crippen LogP contribution is 2.17. The highest BCUT2D eigenvalue weighted by atomic mass is 32.1. The molecule has 1 N–H and O–H groups in total. The minimum atomic E-state index is -0.360. The Balaban J connectivity index is 2.58. The molecule has 1 atom stereocenters.